The monoisotopic (exact) mass is 300 g/mol. The molecule has 1 aromatic carbocycles. The zero-order valence-electron chi connectivity index (χ0n) is 11.9. The van der Waals surface area contributed by atoms with Crippen molar-refractivity contribution < 1.29 is 4.74 Å². The van der Waals surface area contributed by atoms with Gasteiger partial charge in [-0.3, -0.25) is 0 Å². The van der Waals surface area contributed by atoms with Crippen LogP contribution >= 0.6 is 11.8 Å². The van der Waals surface area contributed by atoms with Crippen LogP contribution in [-0.2, 0) is 0 Å². The molecule has 2 aromatic heterocycles. The maximum absolute atomic E-state index is 5.26. The highest BCUT2D eigenvalue weighted by molar-refractivity contribution is 7.99. The molecule has 21 heavy (non-hydrogen) atoms. The Hall–Kier alpha value is -2.21. The fraction of sp³-hybridized carbons (Fsp3) is 0.200. The smallest absolute Gasteiger partial charge is 0.170 e. The van der Waals surface area contributed by atoms with Gasteiger partial charge in [-0.15, -0.1) is 0 Å². The first-order valence-electron chi connectivity index (χ1n) is 6.69. The molecule has 0 aliphatic rings. The van der Waals surface area contributed by atoms with E-state index in [1.807, 2.05) is 41.1 Å². The molecular weight excluding hydrogens is 284 g/mol. The van der Waals surface area contributed by atoms with Gasteiger partial charge in [0.2, 0.25) is 0 Å². The van der Waals surface area contributed by atoms with Gasteiger partial charge in [-0.1, -0.05) is 17.8 Å². The summed E-state index contributed by atoms with van der Waals surface area (Å²) in [5, 5.41) is 4.11. The molecule has 0 spiro atoms. The van der Waals surface area contributed by atoms with E-state index in [9.17, 15) is 0 Å². The molecule has 0 aliphatic heterocycles. The molecule has 0 saturated heterocycles. The molecule has 0 radical (unpaired) electrons. The van der Waals surface area contributed by atoms with Crippen molar-refractivity contribution >= 4 is 23.2 Å². The number of methoxy groups -OCH3 is 1. The maximum atomic E-state index is 5.26. The van der Waals surface area contributed by atoms with E-state index >= 15 is 0 Å². The van der Waals surface area contributed by atoms with E-state index in [1.54, 1.807) is 25.1 Å². The first-order chi connectivity index (χ1) is 10.3. The maximum Gasteiger partial charge on any atom is 0.170 e. The van der Waals surface area contributed by atoms with Crippen molar-refractivity contribution in [3.05, 3.63) is 42.9 Å². The summed E-state index contributed by atoms with van der Waals surface area (Å²) < 4.78 is 7.24. The van der Waals surface area contributed by atoms with Crippen LogP contribution in [0.1, 0.15) is 6.92 Å². The van der Waals surface area contributed by atoms with E-state index in [4.69, 9.17) is 4.74 Å². The van der Waals surface area contributed by atoms with Gasteiger partial charge in [-0.05, 0) is 25.1 Å². The number of imidazole rings is 1. The number of fused-ring (bicyclic) bond motifs is 1. The topological polar surface area (TPSA) is 51.5 Å². The molecule has 6 heteroatoms. The minimum atomic E-state index is 0.830. The van der Waals surface area contributed by atoms with Gasteiger partial charge in [-0.25, -0.2) is 9.97 Å². The molecule has 3 rings (SSSR count). The number of hydrogen-bond donors (Lipinski definition) is 1. The van der Waals surface area contributed by atoms with Gasteiger partial charge in [-0.2, -0.15) is 0 Å². The van der Waals surface area contributed by atoms with Crippen LogP contribution in [0, 0.1) is 0 Å². The predicted molar refractivity (Wildman–Crippen MR) is 84.3 cm³/mol. The number of ether oxygens (including phenoxy) is 1. The summed E-state index contributed by atoms with van der Waals surface area (Å²) in [5.74, 6) is 1.68. The molecule has 5 nitrogen and oxygen atoms in total. The van der Waals surface area contributed by atoms with Crippen LogP contribution in [0.3, 0.4) is 0 Å². The second kappa shape index (κ2) is 6.05. The van der Waals surface area contributed by atoms with Crippen LogP contribution in [0.5, 0.6) is 5.75 Å². The Kier molecular flexibility index (Phi) is 3.96. The van der Waals surface area contributed by atoms with Gasteiger partial charge in [0.05, 0.1) is 13.3 Å². The Morgan fingerprint density at radius 2 is 2.29 bits per heavy atom. The second-order valence-corrected chi connectivity index (χ2v) is 5.46. The molecule has 0 atom stereocenters. The molecule has 3 aromatic rings. The lowest BCUT2D eigenvalue weighted by molar-refractivity contribution is 0.413. The lowest BCUT2D eigenvalue weighted by atomic mass is 10.3. The highest BCUT2D eigenvalue weighted by atomic mass is 32.2. The minimum Gasteiger partial charge on any atom is -0.497 e. The molecule has 0 amide bonds. The molecular formula is C15H16N4OS. The molecule has 0 aliphatic carbocycles. The summed E-state index contributed by atoms with van der Waals surface area (Å²) in [4.78, 5) is 10.1. The Morgan fingerprint density at radius 3 is 3.10 bits per heavy atom. The van der Waals surface area contributed by atoms with Crippen LogP contribution in [0.25, 0.3) is 5.65 Å². The van der Waals surface area contributed by atoms with Crippen LogP contribution in [0.2, 0.25) is 0 Å². The quantitative estimate of drug-likeness (QED) is 0.783. The first-order valence-corrected chi connectivity index (χ1v) is 7.51. The van der Waals surface area contributed by atoms with E-state index in [0.717, 1.165) is 33.7 Å². The van der Waals surface area contributed by atoms with E-state index in [2.05, 4.69) is 22.2 Å². The highest BCUT2D eigenvalue weighted by Gasteiger charge is 2.09. The molecule has 0 fully saturated rings. The second-order valence-electron chi connectivity index (χ2n) is 4.40. The van der Waals surface area contributed by atoms with Crippen molar-refractivity contribution in [2.45, 2.75) is 16.8 Å². The Balaban J connectivity index is 1.99. The average molecular weight is 300 g/mol. The zero-order valence-corrected chi connectivity index (χ0v) is 12.7. The number of hydrogen-bond acceptors (Lipinski definition) is 5. The molecule has 2 heterocycles. The van der Waals surface area contributed by atoms with E-state index in [-0.39, 0.29) is 0 Å². The minimum absolute atomic E-state index is 0.830. The standard InChI is InChI=1S/C15H16N4OS/c1-3-16-13-10-19-8-7-17-14(19)15(18-13)21-12-6-4-5-11(9-12)20-2/h4-10,16H,3H2,1-2H3. The summed E-state index contributed by atoms with van der Waals surface area (Å²) in [7, 11) is 1.67. The molecule has 1 N–H and O–H groups in total. The fourth-order valence-corrected chi connectivity index (χ4v) is 2.95. The number of nitrogens with one attached hydrogen (secondary N) is 1. The predicted octanol–water partition coefficient (Wildman–Crippen LogP) is 3.32. The fourth-order valence-electron chi connectivity index (χ4n) is 2.01. The van der Waals surface area contributed by atoms with Crippen molar-refractivity contribution in [1.82, 2.24) is 14.4 Å². The van der Waals surface area contributed by atoms with Gasteiger partial charge in [0.25, 0.3) is 0 Å². The van der Waals surface area contributed by atoms with E-state index in [1.165, 1.54) is 0 Å². The van der Waals surface area contributed by atoms with Crippen LogP contribution in [0.4, 0.5) is 5.82 Å². The largest absolute Gasteiger partial charge is 0.497 e. The number of benzene rings is 1. The SMILES string of the molecule is CCNc1cn2ccnc2c(Sc2cccc(OC)c2)n1. The van der Waals surface area contributed by atoms with Crippen LogP contribution in [-0.4, -0.2) is 28.0 Å². The van der Waals surface area contributed by atoms with Gasteiger partial charge >= 0.3 is 0 Å². The van der Waals surface area contributed by atoms with Crippen molar-refractivity contribution in [1.29, 1.82) is 0 Å². The van der Waals surface area contributed by atoms with Crippen LogP contribution < -0.4 is 10.1 Å². The van der Waals surface area contributed by atoms with Crippen molar-refractivity contribution in [2.75, 3.05) is 19.0 Å². The lowest BCUT2D eigenvalue weighted by Gasteiger charge is -2.08. The summed E-state index contributed by atoms with van der Waals surface area (Å²) in [5.41, 5.74) is 0.851. The molecule has 0 unspecified atom stereocenters. The Morgan fingerprint density at radius 1 is 1.38 bits per heavy atom. The highest BCUT2D eigenvalue weighted by Crippen LogP contribution is 2.31. The molecule has 0 bridgehead atoms. The van der Waals surface area contributed by atoms with Crippen molar-refractivity contribution in [2.24, 2.45) is 0 Å². The zero-order chi connectivity index (χ0) is 14.7. The third-order valence-corrected chi connectivity index (χ3v) is 3.91. The van der Waals surface area contributed by atoms with Gasteiger partial charge in [0.1, 0.15) is 16.6 Å². The van der Waals surface area contributed by atoms with Crippen molar-refractivity contribution in [3.63, 3.8) is 0 Å². The average Bonchev–Trinajstić information content (AvgIpc) is 2.96. The summed E-state index contributed by atoms with van der Waals surface area (Å²) >= 11 is 1.58. The van der Waals surface area contributed by atoms with Crippen LogP contribution in [0.15, 0.2) is 52.8 Å². The third kappa shape index (κ3) is 2.95. The van der Waals surface area contributed by atoms with E-state index < -0.39 is 0 Å². The number of aromatic nitrogens is 3. The Labute approximate surface area is 127 Å². The third-order valence-electron chi connectivity index (χ3n) is 2.96. The summed E-state index contributed by atoms with van der Waals surface area (Å²) in [6.07, 6.45) is 5.65. The number of anilines is 1. The number of rotatable bonds is 5. The van der Waals surface area contributed by atoms with Gasteiger partial charge < -0.3 is 14.5 Å². The lowest BCUT2D eigenvalue weighted by Crippen LogP contribution is -2.02. The molecule has 0 saturated carbocycles. The van der Waals surface area contributed by atoms with Crippen molar-refractivity contribution in [3.8, 4) is 5.75 Å². The summed E-state index contributed by atoms with van der Waals surface area (Å²) in [6, 6.07) is 7.93. The van der Waals surface area contributed by atoms with E-state index in [0.29, 0.717) is 0 Å². The summed E-state index contributed by atoms with van der Waals surface area (Å²) in [6.45, 7) is 2.88. The first kappa shape index (κ1) is 13.8. The van der Waals surface area contributed by atoms with Gasteiger partial charge in [0, 0.05) is 23.8 Å². The number of nitrogens with zero attached hydrogens (tertiary/aromatic N) is 3. The molecule has 108 valence electrons. The normalized spacial score (nSPS) is 10.8. The van der Waals surface area contributed by atoms with Gasteiger partial charge in [0.15, 0.2) is 5.65 Å². The Bertz CT molecular complexity index is 756.